The van der Waals surface area contributed by atoms with Crippen LogP contribution in [0.25, 0.3) is 5.65 Å². The maximum Gasteiger partial charge on any atom is 0.152 e. The zero-order chi connectivity index (χ0) is 13.9. The number of rotatable bonds is 4. The van der Waals surface area contributed by atoms with E-state index < -0.39 is 0 Å². The number of aliphatic hydroxyl groups excluding tert-OH is 1. The molecule has 0 saturated carbocycles. The lowest BCUT2D eigenvalue weighted by atomic mass is 9.99. The van der Waals surface area contributed by atoms with E-state index in [2.05, 4.69) is 20.8 Å². The highest BCUT2D eigenvalue weighted by Crippen LogP contribution is 2.26. The van der Waals surface area contributed by atoms with Crippen LogP contribution in [0, 0.1) is 5.92 Å². The van der Waals surface area contributed by atoms with Crippen molar-refractivity contribution in [2.75, 3.05) is 31.6 Å². The number of nitrogens with zero attached hydrogens (tertiary/aromatic N) is 3. The Morgan fingerprint density at radius 2 is 2.35 bits per heavy atom. The fourth-order valence-electron chi connectivity index (χ4n) is 3.03. The van der Waals surface area contributed by atoms with Crippen molar-refractivity contribution in [1.82, 2.24) is 14.7 Å². The van der Waals surface area contributed by atoms with Crippen molar-refractivity contribution in [3.05, 3.63) is 30.1 Å². The molecule has 1 fully saturated rings. The zero-order valence-corrected chi connectivity index (χ0v) is 11.9. The number of fused-ring (bicyclic) bond motifs is 1. The van der Waals surface area contributed by atoms with E-state index in [4.69, 9.17) is 4.98 Å². The van der Waals surface area contributed by atoms with Crippen LogP contribution < -0.4 is 10.2 Å². The lowest BCUT2D eigenvalue weighted by molar-refractivity contribution is 0.208. The highest BCUT2D eigenvalue weighted by Gasteiger charge is 2.24. The summed E-state index contributed by atoms with van der Waals surface area (Å²) in [6, 6.07) is 6.09. The molecule has 108 valence electrons. The number of piperidine rings is 1. The topological polar surface area (TPSA) is 52.8 Å². The predicted octanol–water partition coefficient (Wildman–Crippen LogP) is 1.26. The first-order chi connectivity index (χ1) is 9.83. The van der Waals surface area contributed by atoms with Crippen molar-refractivity contribution < 1.29 is 5.11 Å². The molecule has 0 radical (unpaired) electrons. The van der Waals surface area contributed by atoms with Crippen LogP contribution >= 0.6 is 0 Å². The fourth-order valence-corrected chi connectivity index (χ4v) is 3.03. The Hall–Kier alpha value is -1.59. The van der Waals surface area contributed by atoms with Crippen molar-refractivity contribution in [2.24, 2.45) is 5.92 Å². The number of aliphatic hydroxyl groups is 1. The first kappa shape index (κ1) is 13.4. The van der Waals surface area contributed by atoms with Gasteiger partial charge < -0.3 is 19.7 Å². The minimum Gasteiger partial charge on any atom is -0.396 e. The Kier molecular flexibility index (Phi) is 3.89. The summed E-state index contributed by atoms with van der Waals surface area (Å²) in [4.78, 5) is 7.11. The van der Waals surface area contributed by atoms with E-state index in [0.29, 0.717) is 5.92 Å². The summed E-state index contributed by atoms with van der Waals surface area (Å²) in [5.74, 6) is 1.43. The van der Waals surface area contributed by atoms with Crippen molar-refractivity contribution >= 4 is 11.5 Å². The van der Waals surface area contributed by atoms with Crippen molar-refractivity contribution in [1.29, 1.82) is 0 Å². The van der Waals surface area contributed by atoms with Gasteiger partial charge in [0.2, 0.25) is 0 Å². The summed E-state index contributed by atoms with van der Waals surface area (Å²) in [6.07, 6.45) is 4.30. The normalized spacial score (nSPS) is 19.7. The van der Waals surface area contributed by atoms with Gasteiger partial charge in [-0.3, -0.25) is 0 Å². The Morgan fingerprint density at radius 3 is 3.15 bits per heavy atom. The standard InChI is InChI=1S/C15H22N4O/c1-16-9-13-15(17-14-6-2-3-8-19(13)14)18-7-4-5-12(10-18)11-20/h2-3,6,8,12,16,20H,4-5,7,9-11H2,1H3. The highest BCUT2D eigenvalue weighted by atomic mass is 16.3. The van der Waals surface area contributed by atoms with Crippen LogP contribution in [0.2, 0.25) is 0 Å². The molecule has 2 aromatic rings. The largest absolute Gasteiger partial charge is 0.396 e. The summed E-state index contributed by atoms with van der Waals surface area (Å²) in [5.41, 5.74) is 2.18. The molecule has 1 saturated heterocycles. The minimum absolute atomic E-state index is 0.269. The highest BCUT2D eigenvalue weighted by molar-refractivity contribution is 5.56. The molecule has 1 unspecified atom stereocenters. The maximum absolute atomic E-state index is 9.40. The maximum atomic E-state index is 9.40. The van der Waals surface area contributed by atoms with E-state index in [9.17, 15) is 5.11 Å². The van der Waals surface area contributed by atoms with E-state index in [1.165, 1.54) is 5.69 Å². The van der Waals surface area contributed by atoms with Crippen LogP contribution in [0.3, 0.4) is 0 Å². The number of anilines is 1. The summed E-state index contributed by atoms with van der Waals surface area (Å²) in [6.45, 7) is 2.99. The lowest BCUT2D eigenvalue weighted by Crippen LogP contribution is -2.37. The third kappa shape index (κ3) is 2.39. The molecular formula is C15H22N4O. The average molecular weight is 274 g/mol. The molecule has 0 aliphatic carbocycles. The van der Waals surface area contributed by atoms with E-state index in [-0.39, 0.29) is 6.61 Å². The van der Waals surface area contributed by atoms with Gasteiger partial charge in [0.1, 0.15) is 5.65 Å². The molecule has 1 atom stereocenters. The van der Waals surface area contributed by atoms with E-state index >= 15 is 0 Å². The molecule has 0 amide bonds. The molecule has 5 heteroatoms. The molecule has 3 heterocycles. The molecule has 1 aliphatic rings. The molecule has 2 N–H and O–H groups in total. The first-order valence-corrected chi connectivity index (χ1v) is 7.30. The van der Waals surface area contributed by atoms with Gasteiger partial charge in [-0.15, -0.1) is 0 Å². The third-order valence-electron chi connectivity index (χ3n) is 4.03. The molecule has 0 spiro atoms. The number of hydrogen-bond donors (Lipinski definition) is 2. The van der Waals surface area contributed by atoms with E-state index in [1.807, 2.05) is 25.2 Å². The SMILES string of the molecule is CNCc1c(N2CCCC(CO)C2)nc2ccccn12. The van der Waals surface area contributed by atoms with Gasteiger partial charge in [-0.05, 0) is 37.9 Å². The third-order valence-corrected chi connectivity index (χ3v) is 4.03. The van der Waals surface area contributed by atoms with Crippen LogP contribution in [0.1, 0.15) is 18.5 Å². The molecule has 2 aromatic heterocycles. The fraction of sp³-hybridized carbons (Fsp3) is 0.533. The molecule has 1 aliphatic heterocycles. The zero-order valence-electron chi connectivity index (χ0n) is 11.9. The van der Waals surface area contributed by atoms with Gasteiger partial charge in [0.05, 0.1) is 5.69 Å². The summed E-state index contributed by atoms with van der Waals surface area (Å²) >= 11 is 0. The predicted molar refractivity (Wildman–Crippen MR) is 80.0 cm³/mol. The number of pyridine rings is 1. The molecular weight excluding hydrogens is 252 g/mol. The van der Waals surface area contributed by atoms with Crippen LogP contribution in [-0.4, -0.2) is 41.2 Å². The van der Waals surface area contributed by atoms with Gasteiger partial charge in [0, 0.05) is 32.4 Å². The second kappa shape index (κ2) is 5.81. The van der Waals surface area contributed by atoms with Gasteiger partial charge >= 0.3 is 0 Å². The van der Waals surface area contributed by atoms with E-state index in [1.54, 1.807) is 0 Å². The second-order valence-electron chi connectivity index (χ2n) is 5.48. The van der Waals surface area contributed by atoms with Crippen LogP contribution in [-0.2, 0) is 6.54 Å². The minimum atomic E-state index is 0.269. The van der Waals surface area contributed by atoms with Gasteiger partial charge in [-0.25, -0.2) is 4.98 Å². The summed E-state index contributed by atoms with van der Waals surface area (Å²) in [5, 5.41) is 12.6. The van der Waals surface area contributed by atoms with Gasteiger partial charge in [0.15, 0.2) is 5.82 Å². The monoisotopic (exact) mass is 274 g/mol. The smallest absolute Gasteiger partial charge is 0.152 e. The van der Waals surface area contributed by atoms with Crippen molar-refractivity contribution in [3.63, 3.8) is 0 Å². The number of aromatic nitrogens is 2. The second-order valence-corrected chi connectivity index (χ2v) is 5.48. The Morgan fingerprint density at radius 1 is 1.45 bits per heavy atom. The van der Waals surface area contributed by atoms with Gasteiger partial charge in [-0.2, -0.15) is 0 Å². The average Bonchev–Trinajstić information content (AvgIpc) is 2.87. The van der Waals surface area contributed by atoms with Crippen LogP contribution in [0.5, 0.6) is 0 Å². The van der Waals surface area contributed by atoms with Gasteiger partial charge in [0.25, 0.3) is 0 Å². The summed E-state index contributed by atoms with van der Waals surface area (Å²) < 4.78 is 2.15. The van der Waals surface area contributed by atoms with Crippen molar-refractivity contribution in [3.8, 4) is 0 Å². The van der Waals surface area contributed by atoms with Crippen LogP contribution in [0.4, 0.5) is 5.82 Å². The molecule has 0 bridgehead atoms. The molecule has 3 rings (SSSR count). The number of nitrogens with one attached hydrogen (secondary N) is 1. The molecule has 0 aromatic carbocycles. The van der Waals surface area contributed by atoms with E-state index in [0.717, 1.165) is 43.9 Å². The number of imidazole rings is 1. The van der Waals surface area contributed by atoms with Crippen molar-refractivity contribution in [2.45, 2.75) is 19.4 Å². The molecule has 5 nitrogen and oxygen atoms in total. The lowest BCUT2D eigenvalue weighted by Gasteiger charge is -2.32. The summed E-state index contributed by atoms with van der Waals surface area (Å²) in [7, 11) is 1.96. The quantitative estimate of drug-likeness (QED) is 0.881. The first-order valence-electron chi connectivity index (χ1n) is 7.30. The Bertz CT molecular complexity index is 580. The Labute approximate surface area is 119 Å². The Balaban J connectivity index is 1.99. The van der Waals surface area contributed by atoms with Crippen LogP contribution in [0.15, 0.2) is 24.4 Å². The van der Waals surface area contributed by atoms with Gasteiger partial charge in [-0.1, -0.05) is 6.07 Å². The number of hydrogen-bond acceptors (Lipinski definition) is 4. The molecule has 20 heavy (non-hydrogen) atoms.